The number of hydrogen-bond donors (Lipinski definition) is 1. The third-order valence-electron chi connectivity index (χ3n) is 5.20. The van der Waals surface area contributed by atoms with Crippen LogP contribution in [0.3, 0.4) is 0 Å². The van der Waals surface area contributed by atoms with Gasteiger partial charge in [0.1, 0.15) is 0 Å². The van der Waals surface area contributed by atoms with Gasteiger partial charge in [-0.15, -0.1) is 0 Å². The second-order valence-corrected chi connectivity index (χ2v) is 7.81. The Morgan fingerprint density at radius 3 is 2.67 bits per heavy atom. The number of aryl methyl sites for hydroxylation is 2. The van der Waals surface area contributed by atoms with Crippen LogP contribution in [0.15, 0.2) is 72.2 Å². The normalized spacial score (nSPS) is 15.4. The van der Waals surface area contributed by atoms with Gasteiger partial charge in [0.2, 0.25) is 5.91 Å². The Bertz CT molecular complexity index is 1100. The van der Waals surface area contributed by atoms with E-state index in [2.05, 4.69) is 11.9 Å². The first-order valence-electron chi connectivity index (χ1n) is 9.87. The molecule has 1 N–H and O–H groups in total. The summed E-state index contributed by atoms with van der Waals surface area (Å²) in [6, 6.07) is 15.7. The molecule has 3 aromatic rings. The van der Waals surface area contributed by atoms with E-state index < -0.39 is 0 Å². The predicted molar refractivity (Wildman–Crippen MR) is 124 cm³/mol. The molecule has 2 aromatic carbocycles. The summed E-state index contributed by atoms with van der Waals surface area (Å²) in [6.45, 7) is 6.90. The highest BCUT2D eigenvalue weighted by atomic mass is 35.5. The minimum Gasteiger partial charge on any atom is -0.380 e. The second-order valence-electron chi connectivity index (χ2n) is 7.40. The fourth-order valence-corrected chi connectivity index (χ4v) is 3.56. The van der Waals surface area contributed by atoms with Gasteiger partial charge in [0, 0.05) is 48.5 Å². The van der Waals surface area contributed by atoms with Gasteiger partial charge in [-0.05, 0) is 54.6 Å². The molecule has 1 fully saturated rings. The van der Waals surface area contributed by atoms with E-state index in [1.807, 2.05) is 55.5 Å². The maximum atomic E-state index is 12.2. The standard InChI is InChI=1S/C17H19N3O2.C7H7Cl/c1-3-16(21)20-9-7-14(11-20)18-13-5-4-12-6-8-19(2)17(22)15(12)10-13;1-6-4-2-3-5-7(6)8/h3-6,8,10,14,18H,1,7,9,11H2,2H3;2-5H,1H3. The zero-order valence-corrected chi connectivity index (χ0v) is 18.0. The number of nitrogens with one attached hydrogen (secondary N) is 1. The molecule has 1 aliphatic rings. The Morgan fingerprint density at radius 2 is 2.00 bits per heavy atom. The highest BCUT2D eigenvalue weighted by molar-refractivity contribution is 6.31. The van der Waals surface area contributed by atoms with Crippen LogP contribution in [0.1, 0.15) is 12.0 Å². The average Bonchev–Trinajstić information content (AvgIpc) is 3.22. The highest BCUT2D eigenvalue weighted by Crippen LogP contribution is 2.20. The molecule has 1 saturated heterocycles. The number of amides is 1. The van der Waals surface area contributed by atoms with Gasteiger partial charge >= 0.3 is 0 Å². The van der Waals surface area contributed by atoms with Gasteiger partial charge < -0.3 is 14.8 Å². The molecule has 6 heteroatoms. The first kappa shape index (κ1) is 21.7. The van der Waals surface area contributed by atoms with Crippen molar-refractivity contribution < 1.29 is 4.79 Å². The van der Waals surface area contributed by atoms with Gasteiger partial charge in [-0.2, -0.15) is 0 Å². The number of pyridine rings is 1. The van der Waals surface area contributed by atoms with Crippen LogP contribution in [0.4, 0.5) is 5.69 Å². The van der Waals surface area contributed by atoms with Crippen LogP contribution in [0, 0.1) is 6.92 Å². The zero-order chi connectivity index (χ0) is 21.7. The van der Waals surface area contributed by atoms with Crippen molar-refractivity contribution in [2.75, 3.05) is 18.4 Å². The van der Waals surface area contributed by atoms with Crippen molar-refractivity contribution in [3.8, 4) is 0 Å². The molecule has 0 saturated carbocycles. The fourth-order valence-electron chi connectivity index (χ4n) is 3.42. The summed E-state index contributed by atoms with van der Waals surface area (Å²) >= 11 is 5.71. The molecule has 4 rings (SSSR count). The number of carbonyl (C=O) groups is 1. The number of carbonyl (C=O) groups excluding carboxylic acids is 1. The lowest BCUT2D eigenvalue weighted by Gasteiger charge is -2.16. The van der Waals surface area contributed by atoms with Gasteiger partial charge in [-0.25, -0.2) is 0 Å². The number of aromatic nitrogens is 1. The maximum Gasteiger partial charge on any atom is 0.258 e. The van der Waals surface area contributed by atoms with Crippen molar-refractivity contribution >= 4 is 34.0 Å². The molecular formula is C24H26ClN3O2. The summed E-state index contributed by atoms with van der Waals surface area (Å²) in [4.78, 5) is 25.6. The molecule has 1 atom stereocenters. The van der Waals surface area contributed by atoms with E-state index >= 15 is 0 Å². The van der Waals surface area contributed by atoms with Gasteiger partial charge in [0.05, 0.1) is 0 Å². The van der Waals surface area contributed by atoms with E-state index in [1.165, 1.54) is 6.08 Å². The van der Waals surface area contributed by atoms with E-state index in [0.717, 1.165) is 34.6 Å². The number of fused-ring (bicyclic) bond motifs is 1. The summed E-state index contributed by atoms with van der Waals surface area (Å²) in [5.41, 5.74) is 2.04. The molecule has 1 aromatic heterocycles. The molecule has 156 valence electrons. The highest BCUT2D eigenvalue weighted by Gasteiger charge is 2.24. The molecule has 2 heterocycles. The fraction of sp³-hybridized carbons (Fsp3) is 0.250. The lowest BCUT2D eigenvalue weighted by atomic mass is 10.1. The van der Waals surface area contributed by atoms with Crippen LogP contribution in [-0.2, 0) is 11.8 Å². The lowest BCUT2D eigenvalue weighted by molar-refractivity contribution is -0.125. The summed E-state index contributed by atoms with van der Waals surface area (Å²) in [6.07, 6.45) is 4.01. The van der Waals surface area contributed by atoms with Crippen LogP contribution in [0.2, 0.25) is 5.02 Å². The second kappa shape index (κ2) is 9.63. The van der Waals surface area contributed by atoms with Gasteiger partial charge in [-0.3, -0.25) is 9.59 Å². The van der Waals surface area contributed by atoms with Crippen LogP contribution >= 0.6 is 11.6 Å². The maximum absolute atomic E-state index is 12.2. The molecule has 1 unspecified atom stereocenters. The van der Waals surface area contributed by atoms with Gasteiger partial charge in [-0.1, -0.05) is 42.4 Å². The molecular weight excluding hydrogens is 398 g/mol. The topological polar surface area (TPSA) is 54.3 Å². The molecule has 1 aliphatic heterocycles. The number of benzene rings is 2. The molecule has 1 amide bonds. The first-order chi connectivity index (χ1) is 14.4. The molecule has 0 aliphatic carbocycles. The smallest absolute Gasteiger partial charge is 0.258 e. The minimum atomic E-state index is -0.0309. The summed E-state index contributed by atoms with van der Waals surface area (Å²) < 4.78 is 1.58. The van der Waals surface area contributed by atoms with E-state index in [9.17, 15) is 9.59 Å². The number of rotatable bonds is 3. The van der Waals surface area contributed by atoms with Crippen molar-refractivity contribution in [2.45, 2.75) is 19.4 Å². The van der Waals surface area contributed by atoms with E-state index in [-0.39, 0.29) is 17.5 Å². The van der Waals surface area contributed by atoms with Crippen LogP contribution in [0.5, 0.6) is 0 Å². The summed E-state index contributed by atoms with van der Waals surface area (Å²) in [7, 11) is 1.75. The largest absolute Gasteiger partial charge is 0.380 e. The number of likely N-dealkylation sites (tertiary alicyclic amines) is 1. The lowest BCUT2D eigenvalue weighted by Crippen LogP contribution is -2.30. The quantitative estimate of drug-likeness (QED) is 0.636. The number of anilines is 1. The molecule has 5 nitrogen and oxygen atoms in total. The van der Waals surface area contributed by atoms with Crippen LogP contribution < -0.4 is 10.9 Å². The summed E-state index contributed by atoms with van der Waals surface area (Å²) in [5.74, 6) is -0.0309. The van der Waals surface area contributed by atoms with Crippen molar-refractivity contribution in [1.29, 1.82) is 0 Å². The van der Waals surface area contributed by atoms with Crippen molar-refractivity contribution in [3.63, 3.8) is 0 Å². The average molecular weight is 424 g/mol. The van der Waals surface area contributed by atoms with Crippen LogP contribution in [0.25, 0.3) is 10.8 Å². The Balaban J connectivity index is 0.000000269. The van der Waals surface area contributed by atoms with Gasteiger partial charge in [0.25, 0.3) is 5.56 Å². The zero-order valence-electron chi connectivity index (χ0n) is 17.3. The monoisotopic (exact) mass is 423 g/mol. The number of hydrogen-bond acceptors (Lipinski definition) is 3. The van der Waals surface area contributed by atoms with Crippen molar-refractivity contribution in [3.05, 3.63) is 88.3 Å². The van der Waals surface area contributed by atoms with Gasteiger partial charge in [0.15, 0.2) is 0 Å². The predicted octanol–water partition coefficient (Wildman–Crippen LogP) is 4.39. The first-order valence-corrected chi connectivity index (χ1v) is 10.2. The Labute approximate surface area is 181 Å². The number of nitrogens with zero attached hydrogens (tertiary/aromatic N) is 2. The van der Waals surface area contributed by atoms with Crippen molar-refractivity contribution in [1.82, 2.24) is 9.47 Å². The van der Waals surface area contributed by atoms with E-state index in [0.29, 0.717) is 11.9 Å². The Hall–Kier alpha value is -3.05. The van der Waals surface area contributed by atoms with Crippen molar-refractivity contribution in [2.24, 2.45) is 7.05 Å². The third kappa shape index (κ3) is 5.10. The molecule has 0 bridgehead atoms. The Morgan fingerprint density at radius 1 is 1.23 bits per heavy atom. The Kier molecular flexibility index (Phi) is 6.95. The SMILES string of the molecule is C=CC(=O)N1CCC(Nc2ccc3ccn(C)c(=O)c3c2)C1.Cc1ccccc1Cl. The molecule has 30 heavy (non-hydrogen) atoms. The third-order valence-corrected chi connectivity index (χ3v) is 5.63. The van der Waals surface area contributed by atoms with E-state index in [1.54, 1.807) is 22.7 Å². The number of halogens is 1. The van der Waals surface area contributed by atoms with E-state index in [4.69, 9.17) is 11.6 Å². The summed E-state index contributed by atoms with van der Waals surface area (Å²) in [5, 5.41) is 5.89. The minimum absolute atomic E-state index is 0.00367. The molecule has 0 spiro atoms. The molecule has 0 radical (unpaired) electrons. The van der Waals surface area contributed by atoms with Crippen LogP contribution in [-0.4, -0.2) is 34.5 Å².